The van der Waals surface area contributed by atoms with E-state index in [0.29, 0.717) is 19.8 Å². The minimum atomic E-state index is -1.22. The normalized spacial score (nSPS) is 45.8. The van der Waals surface area contributed by atoms with E-state index in [1.54, 1.807) is 5.01 Å². The SMILES string of the molecule is CN1CNCC1C1C(F)C=NCC1NC(=O)C1C(N)NN2CC(F)CNC12. The standard InChI is InChI=1S/C16H28F2N8O/c1-25-7-21-5-11(25)12-9(18)3-20-4-10(12)23-16(27)13-14(19)24-26-6-8(17)2-22-15(13)26/h3,8-15,21-22,24H,2,4-7,19H2,1H3,(H,23,27). The molecule has 0 bridgehead atoms. The third-order valence-electron chi connectivity index (χ3n) is 6.06. The van der Waals surface area contributed by atoms with Gasteiger partial charge in [0.15, 0.2) is 0 Å². The third kappa shape index (κ3) is 3.59. The molecular formula is C16H28F2N8O. The van der Waals surface area contributed by atoms with E-state index < -0.39 is 30.5 Å². The predicted octanol–water partition coefficient (Wildman–Crippen LogP) is -2.64. The molecule has 3 saturated heterocycles. The Morgan fingerprint density at radius 3 is 2.93 bits per heavy atom. The second-order valence-corrected chi connectivity index (χ2v) is 7.87. The molecular weight excluding hydrogens is 358 g/mol. The number of carbonyl (C=O) groups is 1. The van der Waals surface area contributed by atoms with Gasteiger partial charge in [-0.05, 0) is 7.05 Å². The highest BCUT2D eigenvalue weighted by atomic mass is 19.1. The lowest BCUT2D eigenvalue weighted by molar-refractivity contribution is -0.128. The van der Waals surface area contributed by atoms with Crippen LogP contribution in [-0.4, -0.2) is 98.7 Å². The summed E-state index contributed by atoms with van der Waals surface area (Å²) in [4.78, 5) is 19.2. The molecule has 8 atom stereocenters. The van der Waals surface area contributed by atoms with Crippen molar-refractivity contribution in [3.63, 3.8) is 0 Å². The lowest BCUT2D eigenvalue weighted by Gasteiger charge is -2.38. The topological polar surface area (TPSA) is 110 Å². The summed E-state index contributed by atoms with van der Waals surface area (Å²) in [7, 11) is 1.94. The van der Waals surface area contributed by atoms with Gasteiger partial charge in [0.2, 0.25) is 5.91 Å². The number of hydrazine groups is 1. The zero-order valence-electron chi connectivity index (χ0n) is 15.3. The van der Waals surface area contributed by atoms with Crippen LogP contribution in [0.25, 0.3) is 0 Å². The molecule has 8 unspecified atom stereocenters. The van der Waals surface area contributed by atoms with E-state index in [1.165, 1.54) is 6.21 Å². The molecule has 0 aromatic heterocycles. The summed E-state index contributed by atoms with van der Waals surface area (Å²) in [5.41, 5.74) is 9.06. The number of hydrogen-bond acceptors (Lipinski definition) is 8. The Kier molecular flexibility index (Phi) is 5.41. The monoisotopic (exact) mass is 386 g/mol. The summed E-state index contributed by atoms with van der Waals surface area (Å²) in [6.45, 7) is 2.05. The molecule has 0 aromatic carbocycles. The van der Waals surface area contributed by atoms with Crippen LogP contribution in [0.2, 0.25) is 0 Å². The van der Waals surface area contributed by atoms with Crippen molar-refractivity contribution in [2.75, 3.05) is 39.9 Å². The van der Waals surface area contributed by atoms with Gasteiger partial charge in [0, 0.05) is 44.5 Å². The molecule has 4 aliphatic rings. The van der Waals surface area contributed by atoms with Crippen molar-refractivity contribution < 1.29 is 13.6 Å². The first-order chi connectivity index (χ1) is 13.0. The van der Waals surface area contributed by atoms with Crippen molar-refractivity contribution in [2.45, 2.75) is 36.8 Å². The number of nitrogens with two attached hydrogens (primary N) is 1. The average molecular weight is 386 g/mol. The van der Waals surface area contributed by atoms with Gasteiger partial charge in [-0.25, -0.2) is 19.2 Å². The maximum atomic E-state index is 14.7. The number of nitrogens with zero attached hydrogens (tertiary/aromatic N) is 3. The first-order valence-electron chi connectivity index (χ1n) is 9.47. The highest BCUT2D eigenvalue weighted by molar-refractivity contribution is 5.81. The van der Waals surface area contributed by atoms with Gasteiger partial charge in [-0.2, -0.15) is 0 Å². The van der Waals surface area contributed by atoms with Gasteiger partial charge in [0.1, 0.15) is 12.3 Å². The van der Waals surface area contributed by atoms with Crippen molar-refractivity contribution in [1.82, 2.24) is 31.3 Å². The molecule has 3 fully saturated rings. The Hall–Kier alpha value is -1.24. The minimum absolute atomic E-state index is 0.0240. The average Bonchev–Trinajstić information content (AvgIpc) is 3.17. The first-order valence-corrected chi connectivity index (χ1v) is 9.47. The molecule has 4 rings (SSSR count). The van der Waals surface area contributed by atoms with Crippen molar-refractivity contribution in [2.24, 2.45) is 22.6 Å². The fourth-order valence-corrected chi connectivity index (χ4v) is 4.69. The van der Waals surface area contributed by atoms with E-state index in [4.69, 9.17) is 5.73 Å². The van der Waals surface area contributed by atoms with Crippen LogP contribution in [-0.2, 0) is 4.79 Å². The van der Waals surface area contributed by atoms with Crippen LogP contribution < -0.4 is 27.1 Å². The minimum Gasteiger partial charge on any atom is -0.351 e. The van der Waals surface area contributed by atoms with Crippen LogP contribution in [0.1, 0.15) is 0 Å². The Morgan fingerprint density at radius 2 is 2.19 bits per heavy atom. The number of fused-ring (bicyclic) bond motifs is 1. The quantitative estimate of drug-likeness (QED) is 0.361. The predicted molar refractivity (Wildman–Crippen MR) is 96.1 cm³/mol. The van der Waals surface area contributed by atoms with Crippen LogP contribution in [0, 0.1) is 11.8 Å². The van der Waals surface area contributed by atoms with Gasteiger partial charge in [0.05, 0.1) is 30.8 Å². The Labute approximate surface area is 157 Å². The van der Waals surface area contributed by atoms with Gasteiger partial charge in [-0.15, -0.1) is 0 Å². The molecule has 152 valence electrons. The number of aliphatic imine (C=N–C) groups is 1. The number of carbonyl (C=O) groups excluding carboxylic acids is 1. The second-order valence-electron chi connectivity index (χ2n) is 7.87. The van der Waals surface area contributed by atoms with Gasteiger partial charge < -0.3 is 16.4 Å². The number of likely N-dealkylation sites (N-methyl/N-ethyl adjacent to an activating group) is 1. The van der Waals surface area contributed by atoms with Crippen molar-refractivity contribution in [3.05, 3.63) is 0 Å². The molecule has 0 radical (unpaired) electrons. The Bertz CT molecular complexity index is 595. The molecule has 4 aliphatic heterocycles. The van der Waals surface area contributed by atoms with Gasteiger partial charge in [0.25, 0.3) is 0 Å². The van der Waals surface area contributed by atoms with E-state index in [-0.39, 0.29) is 37.1 Å². The lowest BCUT2D eigenvalue weighted by Crippen LogP contribution is -2.61. The molecule has 0 aliphatic carbocycles. The van der Waals surface area contributed by atoms with E-state index in [1.807, 2.05) is 7.05 Å². The lowest BCUT2D eigenvalue weighted by atomic mass is 9.85. The van der Waals surface area contributed by atoms with E-state index in [9.17, 15) is 13.6 Å². The molecule has 27 heavy (non-hydrogen) atoms. The number of alkyl halides is 2. The maximum absolute atomic E-state index is 14.7. The molecule has 11 heteroatoms. The molecule has 0 aromatic rings. The zero-order valence-corrected chi connectivity index (χ0v) is 15.3. The van der Waals surface area contributed by atoms with E-state index in [0.717, 1.165) is 0 Å². The molecule has 0 spiro atoms. The van der Waals surface area contributed by atoms with Gasteiger partial charge in [-0.1, -0.05) is 0 Å². The van der Waals surface area contributed by atoms with E-state index in [2.05, 4.69) is 31.3 Å². The number of amides is 1. The largest absolute Gasteiger partial charge is 0.351 e. The van der Waals surface area contributed by atoms with Crippen LogP contribution in [0.5, 0.6) is 0 Å². The first kappa shape index (κ1) is 19.1. The van der Waals surface area contributed by atoms with Crippen molar-refractivity contribution in [3.8, 4) is 0 Å². The van der Waals surface area contributed by atoms with E-state index >= 15 is 0 Å². The fourth-order valence-electron chi connectivity index (χ4n) is 4.69. The zero-order chi connectivity index (χ0) is 19.1. The number of rotatable bonds is 3. The summed E-state index contributed by atoms with van der Waals surface area (Å²) in [6.07, 6.45) is -1.90. The fraction of sp³-hybridized carbons (Fsp3) is 0.875. The van der Waals surface area contributed by atoms with Gasteiger partial charge >= 0.3 is 0 Å². The van der Waals surface area contributed by atoms with Crippen molar-refractivity contribution in [1.29, 1.82) is 0 Å². The summed E-state index contributed by atoms with van der Waals surface area (Å²) in [5.74, 6) is -1.25. The number of hydrogen-bond donors (Lipinski definition) is 5. The number of nitrogens with one attached hydrogen (secondary N) is 4. The molecule has 6 N–H and O–H groups in total. The van der Waals surface area contributed by atoms with Crippen LogP contribution >= 0.6 is 0 Å². The summed E-state index contributed by atoms with van der Waals surface area (Å²) in [6, 6.07) is -0.437. The highest BCUT2D eigenvalue weighted by Gasteiger charge is 2.49. The number of halogens is 2. The van der Waals surface area contributed by atoms with Gasteiger partial charge in [-0.3, -0.25) is 20.0 Å². The second kappa shape index (κ2) is 7.64. The highest BCUT2D eigenvalue weighted by Crippen LogP contribution is 2.27. The van der Waals surface area contributed by atoms with Crippen LogP contribution in [0.15, 0.2) is 4.99 Å². The molecule has 4 heterocycles. The maximum Gasteiger partial charge on any atom is 0.229 e. The molecule has 9 nitrogen and oxygen atoms in total. The van der Waals surface area contributed by atoms with Crippen LogP contribution in [0.3, 0.4) is 0 Å². The summed E-state index contributed by atoms with van der Waals surface area (Å²) >= 11 is 0. The summed E-state index contributed by atoms with van der Waals surface area (Å²) < 4.78 is 28.3. The Morgan fingerprint density at radius 1 is 1.37 bits per heavy atom. The third-order valence-corrected chi connectivity index (χ3v) is 6.06. The Balaban J connectivity index is 1.47. The van der Waals surface area contributed by atoms with Crippen molar-refractivity contribution >= 4 is 12.1 Å². The molecule has 1 amide bonds. The molecule has 0 saturated carbocycles. The van der Waals surface area contributed by atoms with Crippen LogP contribution in [0.4, 0.5) is 8.78 Å². The summed E-state index contributed by atoms with van der Waals surface area (Å²) in [5, 5.41) is 10.9. The smallest absolute Gasteiger partial charge is 0.229 e.